The van der Waals surface area contributed by atoms with E-state index in [1.54, 1.807) is 4.90 Å². The minimum absolute atomic E-state index is 0.0114. The second kappa shape index (κ2) is 8.32. The fourth-order valence-electron chi connectivity index (χ4n) is 2.97. The predicted octanol–water partition coefficient (Wildman–Crippen LogP) is 1.83. The first-order valence-corrected chi connectivity index (χ1v) is 10.4. The SMILES string of the molecule is CN(C)CCCN(C(=O)c1ccc([N+](=O)[O-])cc1Cl)C1CCS(=O)(=O)C1. The molecule has 2 rings (SSSR count). The van der Waals surface area contributed by atoms with Crippen molar-refractivity contribution in [1.29, 1.82) is 0 Å². The van der Waals surface area contributed by atoms with E-state index in [1.807, 2.05) is 19.0 Å². The summed E-state index contributed by atoms with van der Waals surface area (Å²) >= 11 is 6.08. The Hall–Kier alpha value is -1.71. The quantitative estimate of drug-likeness (QED) is 0.508. The van der Waals surface area contributed by atoms with Crippen LogP contribution >= 0.6 is 11.6 Å². The van der Waals surface area contributed by atoms with Crippen LogP contribution in [0.15, 0.2) is 18.2 Å². The molecule has 0 aromatic heterocycles. The normalized spacial score (nSPS) is 18.8. The standard InChI is InChI=1S/C16H22ClN3O5S/c1-18(2)7-3-8-19(13-6-9-26(24,25)11-13)16(21)14-5-4-12(20(22)23)10-15(14)17/h4-5,10,13H,3,6-9,11H2,1-2H3. The van der Waals surface area contributed by atoms with E-state index in [0.29, 0.717) is 19.4 Å². The summed E-state index contributed by atoms with van der Waals surface area (Å²) in [5, 5.41) is 10.8. The Bertz CT molecular complexity index is 797. The zero-order valence-electron chi connectivity index (χ0n) is 14.7. The first-order valence-electron chi connectivity index (χ1n) is 8.21. The van der Waals surface area contributed by atoms with Crippen LogP contribution in [0.3, 0.4) is 0 Å². The molecule has 0 saturated carbocycles. The number of carbonyl (C=O) groups is 1. The highest BCUT2D eigenvalue weighted by Crippen LogP contribution is 2.26. The van der Waals surface area contributed by atoms with Crippen LogP contribution in [-0.2, 0) is 9.84 Å². The second-order valence-corrected chi connectivity index (χ2v) is 9.27. The monoisotopic (exact) mass is 403 g/mol. The highest BCUT2D eigenvalue weighted by molar-refractivity contribution is 7.91. The number of carbonyl (C=O) groups excluding carboxylic acids is 1. The Balaban J connectivity index is 2.26. The Morgan fingerprint density at radius 3 is 2.54 bits per heavy atom. The molecule has 1 aromatic carbocycles. The Morgan fingerprint density at radius 1 is 1.35 bits per heavy atom. The summed E-state index contributed by atoms with van der Waals surface area (Å²) < 4.78 is 23.7. The molecule has 1 fully saturated rings. The minimum atomic E-state index is -3.15. The number of amides is 1. The average Bonchev–Trinajstić information content (AvgIpc) is 2.90. The summed E-state index contributed by atoms with van der Waals surface area (Å²) in [5.41, 5.74) is -0.0550. The molecule has 1 heterocycles. The van der Waals surface area contributed by atoms with Gasteiger partial charge in [-0.1, -0.05) is 11.6 Å². The number of nitro groups is 1. The van der Waals surface area contributed by atoms with Crippen molar-refractivity contribution in [2.45, 2.75) is 18.9 Å². The molecule has 1 aliphatic heterocycles. The number of benzene rings is 1. The molecule has 0 radical (unpaired) electrons. The van der Waals surface area contributed by atoms with Gasteiger partial charge in [0.25, 0.3) is 11.6 Å². The third-order valence-electron chi connectivity index (χ3n) is 4.31. The van der Waals surface area contributed by atoms with Gasteiger partial charge >= 0.3 is 0 Å². The highest BCUT2D eigenvalue weighted by atomic mass is 35.5. The summed E-state index contributed by atoms with van der Waals surface area (Å²) in [6.07, 6.45) is 1.07. The lowest BCUT2D eigenvalue weighted by atomic mass is 10.1. The number of sulfone groups is 1. The lowest BCUT2D eigenvalue weighted by Gasteiger charge is -2.29. The molecule has 10 heteroatoms. The van der Waals surface area contributed by atoms with E-state index >= 15 is 0 Å². The zero-order valence-corrected chi connectivity index (χ0v) is 16.3. The van der Waals surface area contributed by atoms with Gasteiger partial charge in [-0.2, -0.15) is 0 Å². The van der Waals surface area contributed by atoms with Gasteiger partial charge in [-0.05, 0) is 39.5 Å². The van der Waals surface area contributed by atoms with Gasteiger partial charge in [0.05, 0.1) is 27.0 Å². The third kappa shape index (κ3) is 5.15. The van der Waals surface area contributed by atoms with E-state index < -0.39 is 26.7 Å². The van der Waals surface area contributed by atoms with Gasteiger partial charge in [0.1, 0.15) is 0 Å². The highest BCUT2D eigenvalue weighted by Gasteiger charge is 2.35. The summed E-state index contributed by atoms with van der Waals surface area (Å²) in [4.78, 5) is 26.8. The van der Waals surface area contributed by atoms with Crippen molar-refractivity contribution in [3.63, 3.8) is 0 Å². The topological polar surface area (TPSA) is 101 Å². The summed E-state index contributed by atoms with van der Waals surface area (Å²) in [6.45, 7) is 1.14. The Kier molecular flexibility index (Phi) is 6.59. The maximum atomic E-state index is 13.0. The smallest absolute Gasteiger partial charge is 0.270 e. The van der Waals surface area contributed by atoms with Crippen molar-refractivity contribution in [3.05, 3.63) is 38.9 Å². The van der Waals surface area contributed by atoms with E-state index in [1.165, 1.54) is 12.1 Å². The molecule has 0 spiro atoms. The van der Waals surface area contributed by atoms with Gasteiger partial charge in [-0.15, -0.1) is 0 Å². The van der Waals surface area contributed by atoms with E-state index in [2.05, 4.69) is 0 Å². The molecule has 1 saturated heterocycles. The van der Waals surface area contributed by atoms with Crippen LogP contribution in [0, 0.1) is 10.1 Å². The molecule has 144 valence electrons. The molecular formula is C16H22ClN3O5S. The molecule has 0 aliphatic carbocycles. The van der Waals surface area contributed by atoms with E-state index in [4.69, 9.17) is 11.6 Å². The molecule has 1 aliphatic rings. The first-order chi connectivity index (χ1) is 12.1. The first kappa shape index (κ1) is 20.6. The van der Waals surface area contributed by atoms with Crippen molar-refractivity contribution < 1.29 is 18.1 Å². The molecule has 1 aromatic rings. The van der Waals surface area contributed by atoms with Crippen LogP contribution in [0.4, 0.5) is 5.69 Å². The zero-order chi connectivity index (χ0) is 19.5. The van der Waals surface area contributed by atoms with Crippen molar-refractivity contribution >= 4 is 33.0 Å². The largest absolute Gasteiger partial charge is 0.335 e. The maximum Gasteiger partial charge on any atom is 0.270 e. The third-order valence-corrected chi connectivity index (χ3v) is 6.37. The number of nitro benzene ring substituents is 1. The van der Waals surface area contributed by atoms with E-state index in [-0.39, 0.29) is 27.8 Å². The minimum Gasteiger partial charge on any atom is -0.335 e. The molecule has 26 heavy (non-hydrogen) atoms. The molecule has 8 nitrogen and oxygen atoms in total. The van der Waals surface area contributed by atoms with Gasteiger partial charge in [-0.25, -0.2) is 8.42 Å². The molecule has 0 N–H and O–H groups in total. The summed E-state index contributed by atoms with van der Waals surface area (Å²) in [6, 6.07) is 3.28. The van der Waals surface area contributed by atoms with Crippen LogP contribution in [-0.4, -0.2) is 73.8 Å². The molecule has 1 unspecified atom stereocenters. The van der Waals surface area contributed by atoms with Gasteiger partial charge < -0.3 is 9.80 Å². The number of nitrogens with zero attached hydrogens (tertiary/aromatic N) is 3. The van der Waals surface area contributed by atoms with Crippen LogP contribution < -0.4 is 0 Å². The van der Waals surface area contributed by atoms with Gasteiger partial charge in [-0.3, -0.25) is 14.9 Å². The summed E-state index contributed by atoms with van der Waals surface area (Å²) in [5.74, 6) is -0.403. The van der Waals surface area contributed by atoms with Crippen molar-refractivity contribution in [1.82, 2.24) is 9.80 Å². The van der Waals surface area contributed by atoms with Crippen LogP contribution in [0.1, 0.15) is 23.2 Å². The van der Waals surface area contributed by atoms with E-state index in [9.17, 15) is 23.3 Å². The van der Waals surface area contributed by atoms with Gasteiger partial charge in [0.2, 0.25) is 0 Å². The average molecular weight is 404 g/mol. The van der Waals surface area contributed by atoms with Crippen LogP contribution in [0.5, 0.6) is 0 Å². The lowest BCUT2D eigenvalue weighted by Crippen LogP contribution is -2.42. The maximum absolute atomic E-state index is 13.0. The Labute approximate surface area is 157 Å². The number of hydrogen-bond acceptors (Lipinski definition) is 6. The predicted molar refractivity (Wildman–Crippen MR) is 99.4 cm³/mol. The fraction of sp³-hybridized carbons (Fsp3) is 0.562. The molecule has 1 amide bonds. The molecule has 0 bridgehead atoms. The number of rotatable bonds is 7. The fourth-order valence-corrected chi connectivity index (χ4v) is 4.96. The van der Waals surface area contributed by atoms with Gasteiger partial charge in [0, 0.05) is 24.7 Å². The molecular weight excluding hydrogens is 382 g/mol. The second-order valence-electron chi connectivity index (χ2n) is 6.63. The van der Waals surface area contributed by atoms with Crippen LogP contribution in [0.2, 0.25) is 5.02 Å². The van der Waals surface area contributed by atoms with E-state index in [0.717, 1.165) is 12.6 Å². The number of halogens is 1. The number of hydrogen-bond donors (Lipinski definition) is 0. The number of non-ortho nitro benzene ring substituents is 1. The molecule has 1 atom stereocenters. The summed E-state index contributed by atoms with van der Waals surface area (Å²) in [7, 11) is 0.680. The lowest BCUT2D eigenvalue weighted by molar-refractivity contribution is -0.384. The van der Waals surface area contributed by atoms with Crippen molar-refractivity contribution in [3.8, 4) is 0 Å². The van der Waals surface area contributed by atoms with Gasteiger partial charge in [0.15, 0.2) is 9.84 Å². The van der Waals surface area contributed by atoms with Crippen molar-refractivity contribution in [2.24, 2.45) is 0 Å². The van der Waals surface area contributed by atoms with Crippen molar-refractivity contribution in [2.75, 3.05) is 38.7 Å². The van der Waals surface area contributed by atoms with Crippen LogP contribution in [0.25, 0.3) is 0 Å². The Morgan fingerprint density at radius 2 is 2.04 bits per heavy atom.